The fraction of sp³-hybridized carbons (Fsp3) is 0.308. The van der Waals surface area contributed by atoms with E-state index < -0.39 is 6.61 Å². The van der Waals surface area contributed by atoms with Crippen LogP contribution in [0.1, 0.15) is 11.4 Å². The number of aromatic nitrogens is 2. The molecule has 0 saturated carbocycles. The third-order valence-electron chi connectivity index (χ3n) is 2.65. The second kappa shape index (κ2) is 7.21. The third kappa shape index (κ3) is 4.47. The Morgan fingerprint density at radius 2 is 2.25 bits per heavy atom. The Balaban J connectivity index is 1.88. The van der Waals surface area contributed by atoms with Crippen LogP contribution in [0.2, 0.25) is 5.02 Å². The maximum absolute atomic E-state index is 12.3. The third-order valence-corrected chi connectivity index (χ3v) is 2.88. The van der Waals surface area contributed by atoms with Crippen LogP contribution in [-0.2, 0) is 13.0 Å². The van der Waals surface area contributed by atoms with Crippen molar-refractivity contribution in [1.29, 1.82) is 0 Å². The van der Waals surface area contributed by atoms with Crippen LogP contribution in [0.4, 0.5) is 8.78 Å². The van der Waals surface area contributed by atoms with E-state index in [0.717, 1.165) is 12.2 Å². The normalized spacial score (nSPS) is 11.0. The van der Waals surface area contributed by atoms with Crippen LogP contribution >= 0.6 is 11.6 Å². The molecule has 0 aliphatic rings. The number of nitrogens with zero attached hydrogens (tertiary/aromatic N) is 1. The number of nitrogens with one attached hydrogen (secondary N) is 2. The van der Waals surface area contributed by atoms with Crippen LogP contribution in [0.15, 0.2) is 30.6 Å². The van der Waals surface area contributed by atoms with Crippen LogP contribution in [-0.4, -0.2) is 23.1 Å². The molecule has 2 rings (SSSR count). The molecule has 0 spiro atoms. The molecule has 0 fully saturated rings. The first-order chi connectivity index (χ1) is 9.65. The van der Waals surface area contributed by atoms with Gasteiger partial charge in [-0.25, -0.2) is 4.98 Å². The monoisotopic (exact) mass is 301 g/mol. The van der Waals surface area contributed by atoms with Gasteiger partial charge in [-0.2, -0.15) is 8.78 Å². The summed E-state index contributed by atoms with van der Waals surface area (Å²) in [5.74, 6) is 1.00. The molecule has 2 N–H and O–H groups in total. The second-order valence-electron chi connectivity index (χ2n) is 4.09. The van der Waals surface area contributed by atoms with Gasteiger partial charge in [-0.15, -0.1) is 0 Å². The number of ether oxygens (including phenoxy) is 1. The van der Waals surface area contributed by atoms with Crippen LogP contribution in [0.3, 0.4) is 0 Å². The van der Waals surface area contributed by atoms with Crippen molar-refractivity contribution < 1.29 is 13.5 Å². The van der Waals surface area contributed by atoms with Gasteiger partial charge >= 0.3 is 6.61 Å². The summed E-state index contributed by atoms with van der Waals surface area (Å²) in [6.45, 7) is -1.80. The van der Waals surface area contributed by atoms with Crippen molar-refractivity contribution in [3.63, 3.8) is 0 Å². The highest BCUT2D eigenvalue weighted by molar-refractivity contribution is 6.30. The van der Waals surface area contributed by atoms with Gasteiger partial charge in [0.25, 0.3) is 0 Å². The maximum Gasteiger partial charge on any atom is 0.387 e. The van der Waals surface area contributed by atoms with Gasteiger partial charge in [-0.3, -0.25) is 0 Å². The van der Waals surface area contributed by atoms with Crippen molar-refractivity contribution in [2.45, 2.75) is 19.6 Å². The molecule has 0 aliphatic carbocycles. The fourth-order valence-corrected chi connectivity index (χ4v) is 1.96. The lowest BCUT2D eigenvalue weighted by Crippen LogP contribution is -2.18. The smallest absolute Gasteiger partial charge is 0.387 e. The van der Waals surface area contributed by atoms with Gasteiger partial charge in [0.15, 0.2) is 0 Å². The number of hydrogen-bond acceptors (Lipinski definition) is 3. The van der Waals surface area contributed by atoms with Crippen molar-refractivity contribution in [1.82, 2.24) is 15.3 Å². The standard InChI is InChI=1S/C13H14ClF2N3O/c14-10-1-2-11(20-13(15)16)9(7-10)8-17-4-3-12-18-5-6-19-12/h1-2,5-7,13,17H,3-4,8H2,(H,18,19). The SMILES string of the molecule is FC(F)Oc1ccc(Cl)cc1CNCCc1ncc[nH]1. The van der Waals surface area contributed by atoms with Crippen molar-refractivity contribution in [3.05, 3.63) is 47.0 Å². The molecule has 0 bridgehead atoms. The zero-order valence-corrected chi connectivity index (χ0v) is 11.3. The first kappa shape index (κ1) is 14.7. The van der Waals surface area contributed by atoms with Gasteiger partial charge in [0.05, 0.1) is 0 Å². The average molecular weight is 302 g/mol. The summed E-state index contributed by atoms with van der Waals surface area (Å²) in [5.41, 5.74) is 0.595. The Hall–Kier alpha value is -1.66. The summed E-state index contributed by atoms with van der Waals surface area (Å²) >= 11 is 5.86. The van der Waals surface area contributed by atoms with E-state index in [4.69, 9.17) is 11.6 Å². The van der Waals surface area contributed by atoms with Crippen molar-refractivity contribution >= 4 is 11.6 Å². The Kier molecular flexibility index (Phi) is 5.31. The molecule has 20 heavy (non-hydrogen) atoms. The molecule has 1 heterocycles. The molecule has 1 aromatic carbocycles. The molecular weight excluding hydrogens is 288 g/mol. The Morgan fingerprint density at radius 1 is 1.40 bits per heavy atom. The number of H-pyrrole nitrogens is 1. The van der Waals surface area contributed by atoms with Gasteiger partial charge in [0.1, 0.15) is 11.6 Å². The molecule has 0 aliphatic heterocycles. The predicted molar refractivity (Wildman–Crippen MR) is 72.1 cm³/mol. The second-order valence-corrected chi connectivity index (χ2v) is 4.53. The summed E-state index contributed by atoms with van der Waals surface area (Å²) in [6.07, 6.45) is 4.15. The maximum atomic E-state index is 12.3. The predicted octanol–water partition coefficient (Wildman–Crippen LogP) is 3.00. The number of alkyl halides is 2. The minimum atomic E-state index is -2.85. The van der Waals surface area contributed by atoms with E-state index in [1.807, 2.05) is 0 Å². The Labute approximate surface area is 120 Å². The van der Waals surface area contributed by atoms with Crippen LogP contribution in [0.25, 0.3) is 0 Å². The number of halogens is 3. The highest BCUT2D eigenvalue weighted by Gasteiger charge is 2.10. The first-order valence-electron chi connectivity index (χ1n) is 6.07. The molecule has 108 valence electrons. The van der Waals surface area contributed by atoms with Gasteiger partial charge in [0.2, 0.25) is 0 Å². The number of hydrogen-bond donors (Lipinski definition) is 2. The van der Waals surface area contributed by atoms with Crippen molar-refractivity contribution in [2.24, 2.45) is 0 Å². The molecule has 0 radical (unpaired) electrons. The molecule has 0 saturated heterocycles. The first-order valence-corrected chi connectivity index (χ1v) is 6.45. The van der Waals surface area contributed by atoms with E-state index in [1.165, 1.54) is 12.1 Å². The van der Waals surface area contributed by atoms with Crippen molar-refractivity contribution in [2.75, 3.05) is 6.54 Å². The van der Waals surface area contributed by atoms with Crippen LogP contribution in [0, 0.1) is 0 Å². The van der Waals surface area contributed by atoms with Gasteiger partial charge in [0, 0.05) is 42.5 Å². The minimum Gasteiger partial charge on any atom is -0.434 e. The minimum absolute atomic E-state index is 0.134. The van der Waals surface area contributed by atoms with Crippen LogP contribution in [0.5, 0.6) is 5.75 Å². The molecular formula is C13H14ClF2N3O. The highest BCUT2D eigenvalue weighted by atomic mass is 35.5. The lowest BCUT2D eigenvalue weighted by molar-refractivity contribution is -0.0504. The molecule has 4 nitrogen and oxygen atoms in total. The zero-order valence-electron chi connectivity index (χ0n) is 10.6. The summed E-state index contributed by atoms with van der Waals surface area (Å²) in [4.78, 5) is 7.08. The largest absolute Gasteiger partial charge is 0.434 e. The number of imidazole rings is 1. The molecule has 1 aromatic heterocycles. The molecule has 0 amide bonds. The van der Waals surface area contributed by atoms with E-state index in [9.17, 15) is 8.78 Å². The molecule has 7 heteroatoms. The quantitative estimate of drug-likeness (QED) is 0.773. The topological polar surface area (TPSA) is 49.9 Å². The van der Waals surface area contributed by atoms with E-state index in [1.54, 1.807) is 18.5 Å². The Morgan fingerprint density at radius 3 is 2.95 bits per heavy atom. The fourth-order valence-electron chi connectivity index (χ4n) is 1.76. The highest BCUT2D eigenvalue weighted by Crippen LogP contribution is 2.24. The average Bonchev–Trinajstić information content (AvgIpc) is 2.90. The Bertz CT molecular complexity index is 534. The van der Waals surface area contributed by atoms with E-state index in [-0.39, 0.29) is 5.75 Å². The van der Waals surface area contributed by atoms with Gasteiger partial charge in [-0.1, -0.05) is 11.6 Å². The van der Waals surface area contributed by atoms with Crippen LogP contribution < -0.4 is 10.1 Å². The molecule has 0 atom stereocenters. The number of benzene rings is 1. The van der Waals surface area contributed by atoms with Crippen molar-refractivity contribution in [3.8, 4) is 5.75 Å². The molecule has 2 aromatic rings. The number of aromatic amines is 1. The number of rotatable bonds is 7. The van der Waals surface area contributed by atoms with Gasteiger partial charge < -0.3 is 15.0 Å². The lowest BCUT2D eigenvalue weighted by Gasteiger charge is -2.11. The van der Waals surface area contributed by atoms with E-state index in [0.29, 0.717) is 23.7 Å². The van der Waals surface area contributed by atoms with Gasteiger partial charge in [-0.05, 0) is 18.2 Å². The summed E-state index contributed by atoms with van der Waals surface area (Å²) in [5, 5.41) is 3.62. The molecule has 0 unspecified atom stereocenters. The van der Waals surface area contributed by atoms with E-state index >= 15 is 0 Å². The lowest BCUT2D eigenvalue weighted by atomic mass is 10.2. The summed E-state index contributed by atoms with van der Waals surface area (Å²) in [7, 11) is 0. The summed E-state index contributed by atoms with van der Waals surface area (Å²) < 4.78 is 29.0. The zero-order chi connectivity index (χ0) is 14.4. The van der Waals surface area contributed by atoms with E-state index in [2.05, 4.69) is 20.0 Å². The summed E-state index contributed by atoms with van der Waals surface area (Å²) in [6, 6.07) is 4.57.